The molecule has 0 aliphatic heterocycles. The van der Waals surface area contributed by atoms with Crippen LogP contribution >= 0.6 is 23.6 Å². The molecule has 3 nitrogen and oxygen atoms in total. The van der Waals surface area contributed by atoms with E-state index in [9.17, 15) is 0 Å². The molecule has 0 aliphatic carbocycles. The Balaban J connectivity index is 1.99. The first-order valence-corrected chi connectivity index (χ1v) is 6.73. The molecule has 1 aromatic rings. The van der Waals surface area contributed by atoms with Crippen LogP contribution in [-0.2, 0) is 11.3 Å². The largest absolute Gasteiger partial charge is 0.382 e. The van der Waals surface area contributed by atoms with Crippen LogP contribution in [0.1, 0.15) is 18.2 Å². The Morgan fingerprint density at radius 1 is 1.50 bits per heavy atom. The monoisotopic (exact) mass is 258 g/mol. The molecular formula is C11H18N2OS2. The van der Waals surface area contributed by atoms with E-state index in [1.54, 1.807) is 11.3 Å². The van der Waals surface area contributed by atoms with Crippen molar-refractivity contribution in [2.45, 2.75) is 19.9 Å². The Morgan fingerprint density at radius 3 is 3.06 bits per heavy atom. The summed E-state index contributed by atoms with van der Waals surface area (Å²) in [5.74, 6) is 0. The van der Waals surface area contributed by atoms with Crippen LogP contribution < -0.4 is 10.6 Å². The smallest absolute Gasteiger partial charge is 0.166 e. The van der Waals surface area contributed by atoms with Crippen LogP contribution in [0.3, 0.4) is 0 Å². The van der Waals surface area contributed by atoms with E-state index in [1.807, 2.05) is 13.0 Å². The minimum absolute atomic E-state index is 0.713. The summed E-state index contributed by atoms with van der Waals surface area (Å²) in [6.45, 7) is 5.23. The van der Waals surface area contributed by atoms with Crippen molar-refractivity contribution in [3.63, 3.8) is 0 Å². The zero-order valence-corrected chi connectivity index (χ0v) is 11.1. The summed E-state index contributed by atoms with van der Waals surface area (Å²) in [7, 11) is 0. The lowest BCUT2D eigenvalue weighted by Gasteiger charge is -2.09. The first-order valence-electron chi connectivity index (χ1n) is 5.44. The number of thiocarbonyl (C=S) groups is 1. The van der Waals surface area contributed by atoms with Crippen LogP contribution in [-0.4, -0.2) is 24.9 Å². The standard InChI is InChI=1S/C11H18N2OS2/c1-2-14-7-4-6-12-11(15)13-9-10-5-3-8-16-10/h3,5,8H,2,4,6-7,9H2,1H3,(H2,12,13,15). The normalized spacial score (nSPS) is 10.1. The fourth-order valence-corrected chi connectivity index (χ4v) is 1.98. The highest BCUT2D eigenvalue weighted by molar-refractivity contribution is 7.80. The molecule has 0 radical (unpaired) electrons. The van der Waals surface area contributed by atoms with Crippen molar-refractivity contribution >= 4 is 28.7 Å². The first-order chi connectivity index (χ1) is 7.83. The van der Waals surface area contributed by atoms with Gasteiger partial charge in [-0.15, -0.1) is 11.3 Å². The van der Waals surface area contributed by atoms with E-state index in [-0.39, 0.29) is 0 Å². The average Bonchev–Trinajstić information content (AvgIpc) is 2.79. The van der Waals surface area contributed by atoms with E-state index < -0.39 is 0 Å². The summed E-state index contributed by atoms with van der Waals surface area (Å²) in [6, 6.07) is 4.13. The van der Waals surface area contributed by atoms with E-state index in [0.29, 0.717) is 5.11 Å². The molecule has 0 saturated heterocycles. The number of ether oxygens (including phenoxy) is 1. The molecule has 5 heteroatoms. The second-order valence-electron chi connectivity index (χ2n) is 3.24. The Labute approximate surface area is 106 Å². The third-order valence-electron chi connectivity index (χ3n) is 1.96. The van der Waals surface area contributed by atoms with E-state index in [2.05, 4.69) is 22.1 Å². The lowest BCUT2D eigenvalue weighted by atomic mass is 10.4. The number of thiophene rings is 1. The number of hydrogen-bond acceptors (Lipinski definition) is 3. The van der Waals surface area contributed by atoms with Gasteiger partial charge in [0.05, 0.1) is 6.54 Å². The van der Waals surface area contributed by atoms with E-state index >= 15 is 0 Å². The molecule has 0 spiro atoms. The predicted molar refractivity (Wildman–Crippen MR) is 72.9 cm³/mol. The fraction of sp³-hybridized carbons (Fsp3) is 0.545. The van der Waals surface area contributed by atoms with Gasteiger partial charge in [-0.05, 0) is 37.0 Å². The van der Waals surface area contributed by atoms with Crippen LogP contribution in [0, 0.1) is 0 Å². The summed E-state index contributed by atoms with van der Waals surface area (Å²) in [5, 5.41) is 9.09. The SMILES string of the molecule is CCOCCCNC(=S)NCc1cccs1. The van der Waals surface area contributed by atoms with Crippen molar-refractivity contribution in [3.8, 4) is 0 Å². The van der Waals surface area contributed by atoms with Gasteiger partial charge in [-0.3, -0.25) is 0 Å². The van der Waals surface area contributed by atoms with Gasteiger partial charge in [0.1, 0.15) is 0 Å². The predicted octanol–water partition coefficient (Wildman–Crippen LogP) is 2.14. The highest BCUT2D eigenvalue weighted by Gasteiger charge is 1.96. The maximum Gasteiger partial charge on any atom is 0.166 e. The average molecular weight is 258 g/mol. The molecule has 1 rings (SSSR count). The fourth-order valence-electron chi connectivity index (χ4n) is 1.16. The molecule has 2 N–H and O–H groups in total. The molecule has 0 saturated carbocycles. The van der Waals surface area contributed by atoms with Crippen molar-refractivity contribution in [3.05, 3.63) is 22.4 Å². The lowest BCUT2D eigenvalue weighted by Crippen LogP contribution is -2.35. The molecule has 90 valence electrons. The van der Waals surface area contributed by atoms with Crippen molar-refractivity contribution in [2.24, 2.45) is 0 Å². The van der Waals surface area contributed by atoms with Gasteiger partial charge in [-0.25, -0.2) is 0 Å². The molecule has 0 aliphatic rings. The molecule has 0 bridgehead atoms. The van der Waals surface area contributed by atoms with Gasteiger partial charge >= 0.3 is 0 Å². The molecule has 1 aromatic heterocycles. The maximum absolute atomic E-state index is 5.23. The van der Waals surface area contributed by atoms with Gasteiger partial charge in [-0.1, -0.05) is 6.07 Å². The highest BCUT2D eigenvalue weighted by atomic mass is 32.1. The van der Waals surface area contributed by atoms with Gasteiger partial charge in [-0.2, -0.15) is 0 Å². The van der Waals surface area contributed by atoms with Crippen LogP contribution in [0.15, 0.2) is 17.5 Å². The van der Waals surface area contributed by atoms with Gasteiger partial charge in [0.2, 0.25) is 0 Å². The second kappa shape index (κ2) is 8.50. The van der Waals surface area contributed by atoms with Crippen LogP contribution in [0.25, 0.3) is 0 Å². The van der Waals surface area contributed by atoms with Crippen molar-refractivity contribution < 1.29 is 4.74 Å². The summed E-state index contributed by atoms with van der Waals surface area (Å²) in [6.07, 6.45) is 0.981. The van der Waals surface area contributed by atoms with Crippen LogP contribution in [0.4, 0.5) is 0 Å². The van der Waals surface area contributed by atoms with E-state index in [0.717, 1.165) is 32.7 Å². The number of rotatable bonds is 7. The molecular weight excluding hydrogens is 240 g/mol. The van der Waals surface area contributed by atoms with E-state index in [1.165, 1.54) is 4.88 Å². The van der Waals surface area contributed by atoms with Gasteiger partial charge < -0.3 is 15.4 Å². The van der Waals surface area contributed by atoms with Gasteiger partial charge in [0, 0.05) is 24.6 Å². The van der Waals surface area contributed by atoms with Crippen molar-refractivity contribution in [2.75, 3.05) is 19.8 Å². The quantitative estimate of drug-likeness (QED) is 0.580. The molecule has 0 aromatic carbocycles. The summed E-state index contributed by atoms with van der Waals surface area (Å²) >= 11 is 6.88. The topological polar surface area (TPSA) is 33.3 Å². The molecule has 0 fully saturated rings. The third kappa shape index (κ3) is 6.05. The number of hydrogen-bond donors (Lipinski definition) is 2. The van der Waals surface area contributed by atoms with E-state index in [4.69, 9.17) is 17.0 Å². The molecule has 16 heavy (non-hydrogen) atoms. The first kappa shape index (κ1) is 13.4. The molecule has 0 unspecified atom stereocenters. The van der Waals surface area contributed by atoms with Gasteiger partial charge in [0.15, 0.2) is 5.11 Å². The van der Waals surface area contributed by atoms with Crippen molar-refractivity contribution in [1.82, 2.24) is 10.6 Å². The zero-order valence-electron chi connectivity index (χ0n) is 9.49. The van der Waals surface area contributed by atoms with Crippen molar-refractivity contribution in [1.29, 1.82) is 0 Å². The number of nitrogens with one attached hydrogen (secondary N) is 2. The van der Waals surface area contributed by atoms with Gasteiger partial charge in [0.25, 0.3) is 0 Å². The third-order valence-corrected chi connectivity index (χ3v) is 3.12. The Bertz CT molecular complexity index is 288. The summed E-state index contributed by atoms with van der Waals surface area (Å²) in [4.78, 5) is 1.29. The lowest BCUT2D eigenvalue weighted by molar-refractivity contribution is 0.145. The maximum atomic E-state index is 5.23. The second-order valence-corrected chi connectivity index (χ2v) is 4.68. The summed E-state index contributed by atoms with van der Waals surface area (Å²) < 4.78 is 5.23. The molecule has 1 heterocycles. The Morgan fingerprint density at radius 2 is 2.38 bits per heavy atom. The molecule has 0 amide bonds. The van der Waals surface area contributed by atoms with Crippen LogP contribution in [0.2, 0.25) is 0 Å². The highest BCUT2D eigenvalue weighted by Crippen LogP contribution is 2.06. The van der Waals surface area contributed by atoms with Crippen LogP contribution in [0.5, 0.6) is 0 Å². The Kier molecular flexibility index (Phi) is 7.12. The summed E-state index contributed by atoms with van der Waals surface area (Å²) in [5.41, 5.74) is 0. The minimum Gasteiger partial charge on any atom is -0.382 e. The molecule has 0 atom stereocenters. The zero-order chi connectivity index (χ0) is 11.6. The Hall–Kier alpha value is -0.650. The minimum atomic E-state index is 0.713.